The maximum Gasteiger partial charge on any atom is 0.341 e. The molecule has 0 saturated carbocycles. The van der Waals surface area contributed by atoms with Crippen LogP contribution >= 0.6 is 34.4 Å². The summed E-state index contributed by atoms with van der Waals surface area (Å²) >= 11 is 4.26. The van der Waals surface area contributed by atoms with Gasteiger partial charge < -0.3 is 10.1 Å². The van der Waals surface area contributed by atoms with Gasteiger partial charge >= 0.3 is 5.97 Å². The second-order valence-corrected chi connectivity index (χ2v) is 12.6. The molecular formula is C32H30N4O3S3. The summed E-state index contributed by atoms with van der Waals surface area (Å²) in [6.07, 6.45) is 1.79. The van der Waals surface area contributed by atoms with Crippen molar-refractivity contribution in [2.45, 2.75) is 32.5 Å². The van der Waals surface area contributed by atoms with Crippen LogP contribution in [-0.2, 0) is 16.1 Å². The molecule has 42 heavy (non-hydrogen) atoms. The number of nitrogens with one attached hydrogen (secondary N) is 1. The van der Waals surface area contributed by atoms with Crippen molar-refractivity contribution in [1.29, 1.82) is 0 Å². The van der Waals surface area contributed by atoms with Gasteiger partial charge in [0.05, 0.1) is 12.9 Å². The molecule has 0 atom stereocenters. The fourth-order valence-corrected chi connectivity index (χ4v) is 7.32. The van der Waals surface area contributed by atoms with Gasteiger partial charge in [0.25, 0.3) is 0 Å². The third kappa shape index (κ3) is 5.97. The molecule has 0 aliphatic heterocycles. The normalized spacial score (nSPS) is 11.0. The van der Waals surface area contributed by atoms with Gasteiger partial charge in [-0.05, 0) is 37.5 Å². The van der Waals surface area contributed by atoms with Crippen molar-refractivity contribution in [2.75, 3.05) is 18.2 Å². The molecule has 7 nitrogen and oxygen atoms in total. The Balaban J connectivity index is 1.38. The summed E-state index contributed by atoms with van der Waals surface area (Å²) in [6.45, 7) is 10.5. The number of hydrogen-bond donors (Lipinski definition) is 1. The molecule has 5 aromatic rings. The van der Waals surface area contributed by atoms with Crippen LogP contribution in [0.2, 0.25) is 0 Å². The Bertz CT molecular complexity index is 1770. The lowest BCUT2D eigenvalue weighted by Crippen LogP contribution is -2.16. The number of ether oxygens (including phenoxy) is 1. The number of methoxy groups -OCH3 is 1. The van der Waals surface area contributed by atoms with E-state index in [9.17, 15) is 9.59 Å². The van der Waals surface area contributed by atoms with E-state index in [0.29, 0.717) is 22.3 Å². The number of thiophene rings is 2. The molecule has 0 bridgehead atoms. The van der Waals surface area contributed by atoms with Crippen LogP contribution < -0.4 is 5.32 Å². The van der Waals surface area contributed by atoms with Crippen LogP contribution in [0.4, 0.5) is 5.00 Å². The van der Waals surface area contributed by atoms with Crippen LogP contribution in [0.1, 0.15) is 26.4 Å². The maximum atomic E-state index is 13.2. The van der Waals surface area contributed by atoms with E-state index >= 15 is 0 Å². The monoisotopic (exact) mass is 614 g/mol. The molecule has 3 heterocycles. The molecular weight excluding hydrogens is 585 g/mol. The van der Waals surface area contributed by atoms with Crippen LogP contribution in [0, 0.1) is 20.8 Å². The number of allylic oxidation sites excluding steroid dienone is 1. The van der Waals surface area contributed by atoms with Crippen molar-refractivity contribution in [3.05, 3.63) is 93.5 Å². The topological polar surface area (TPSA) is 86.1 Å². The summed E-state index contributed by atoms with van der Waals surface area (Å²) in [5.41, 5.74) is 7.38. The van der Waals surface area contributed by atoms with Crippen molar-refractivity contribution in [1.82, 2.24) is 14.8 Å². The first-order valence-corrected chi connectivity index (χ1v) is 15.9. The Morgan fingerprint density at radius 1 is 1.02 bits per heavy atom. The van der Waals surface area contributed by atoms with Crippen molar-refractivity contribution in [3.8, 4) is 33.6 Å². The predicted octanol–water partition coefficient (Wildman–Crippen LogP) is 8.03. The number of rotatable bonds is 10. The average Bonchev–Trinajstić information content (AvgIpc) is 3.70. The minimum atomic E-state index is -0.495. The molecule has 1 N–H and O–H groups in total. The second-order valence-electron chi connectivity index (χ2n) is 9.65. The van der Waals surface area contributed by atoms with E-state index in [4.69, 9.17) is 4.74 Å². The third-order valence-electron chi connectivity index (χ3n) is 6.76. The molecule has 2 aromatic carbocycles. The first-order chi connectivity index (χ1) is 20.3. The van der Waals surface area contributed by atoms with Crippen molar-refractivity contribution >= 4 is 51.3 Å². The van der Waals surface area contributed by atoms with E-state index < -0.39 is 5.97 Å². The van der Waals surface area contributed by atoms with Gasteiger partial charge in [0.15, 0.2) is 11.0 Å². The Morgan fingerprint density at radius 3 is 2.52 bits per heavy atom. The number of carbonyl (C=O) groups excluding carboxylic acids is 2. The Morgan fingerprint density at radius 2 is 1.79 bits per heavy atom. The lowest BCUT2D eigenvalue weighted by Gasteiger charge is -2.11. The smallest absolute Gasteiger partial charge is 0.341 e. The summed E-state index contributed by atoms with van der Waals surface area (Å²) in [7, 11) is 1.34. The summed E-state index contributed by atoms with van der Waals surface area (Å²) in [6, 6.07) is 16.3. The van der Waals surface area contributed by atoms with Gasteiger partial charge in [-0.2, -0.15) is 0 Å². The van der Waals surface area contributed by atoms with Crippen molar-refractivity contribution in [2.24, 2.45) is 0 Å². The average molecular weight is 615 g/mol. The summed E-state index contributed by atoms with van der Waals surface area (Å²) in [4.78, 5) is 27.2. The molecule has 0 radical (unpaired) electrons. The van der Waals surface area contributed by atoms with E-state index in [1.54, 1.807) is 17.4 Å². The number of aryl methyl sites for hydroxylation is 3. The Labute approximate surface area is 257 Å². The van der Waals surface area contributed by atoms with Crippen LogP contribution in [0.3, 0.4) is 0 Å². The fourth-order valence-electron chi connectivity index (χ4n) is 4.74. The van der Waals surface area contributed by atoms with E-state index in [-0.39, 0.29) is 11.7 Å². The van der Waals surface area contributed by atoms with Gasteiger partial charge in [0.1, 0.15) is 10.6 Å². The minimum absolute atomic E-state index is 0.0841. The third-order valence-corrected chi connectivity index (χ3v) is 9.53. The SMILES string of the molecule is C=CCn1c(SCC(=O)Nc2scc(-c3cc(C)ccc3C)c2C(=O)OC)nnc1-c1csc(C)c1-c1ccccc1. The molecule has 0 aliphatic carbocycles. The standard InChI is InChI=1S/C32H30N4O3S3/c1-6-14-36-29(25-17-40-21(4)27(25)22-10-8-7-9-11-22)34-35-32(36)42-18-26(37)33-30-28(31(38)39-5)24(16-41-30)23-15-19(2)12-13-20(23)3/h6-13,15-17H,1,14,18H2,2-5H3,(H,33,37). The number of carbonyl (C=O) groups is 2. The highest BCUT2D eigenvalue weighted by molar-refractivity contribution is 7.99. The molecule has 0 fully saturated rings. The Hall–Kier alpha value is -3.99. The maximum absolute atomic E-state index is 13.2. The highest BCUT2D eigenvalue weighted by Crippen LogP contribution is 2.40. The number of nitrogens with zero attached hydrogens (tertiary/aromatic N) is 3. The highest BCUT2D eigenvalue weighted by Gasteiger charge is 2.24. The van der Waals surface area contributed by atoms with Crippen LogP contribution in [-0.4, -0.2) is 39.5 Å². The number of benzene rings is 2. The van der Waals surface area contributed by atoms with E-state index in [1.807, 2.05) is 60.2 Å². The number of aromatic nitrogens is 3. The molecule has 0 saturated heterocycles. The summed E-state index contributed by atoms with van der Waals surface area (Å²) < 4.78 is 7.06. The zero-order valence-electron chi connectivity index (χ0n) is 23.8. The lowest BCUT2D eigenvalue weighted by atomic mass is 9.97. The molecule has 0 aliphatic rings. The van der Waals surface area contributed by atoms with E-state index in [0.717, 1.165) is 44.8 Å². The first kappa shape index (κ1) is 29.5. The van der Waals surface area contributed by atoms with Crippen LogP contribution in [0.25, 0.3) is 33.6 Å². The molecule has 0 unspecified atom stereocenters. The summed E-state index contributed by atoms with van der Waals surface area (Å²) in [5.74, 6) is 0.0580. The number of hydrogen-bond acceptors (Lipinski definition) is 8. The van der Waals surface area contributed by atoms with Crippen LogP contribution in [0.5, 0.6) is 0 Å². The van der Waals surface area contributed by atoms with Gasteiger partial charge in [0.2, 0.25) is 5.91 Å². The van der Waals surface area contributed by atoms with E-state index in [2.05, 4.69) is 46.5 Å². The number of anilines is 1. The Kier molecular flexibility index (Phi) is 9.06. The quantitative estimate of drug-likeness (QED) is 0.0974. The van der Waals surface area contributed by atoms with Crippen molar-refractivity contribution in [3.63, 3.8) is 0 Å². The zero-order chi connectivity index (χ0) is 29.8. The first-order valence-electron chi connectivity index (χ1n) is 13.2. The fraction of sp³-hybridized carbons (Fsp3) is 0.188. The van der Waals surface area contributed by atoms with Gasteiger partial charge in [0, 0.05) is 38.9 Å². The van der Waals surface area contributed by atoms with Crippen molar-refractivity contribution < 1.29 is 14.3 Å². The largest absolute Gasteiger partial charge is 0.465 e. The zero-order valence-corrected chi connectivity index (χ0v) is 26.2. The number of esters is 1. The van der Waals surface area contributed by atoms with Gasteiger partial charge in [-0.25, -0.2) is 4.79 Å². The molecule has 0 spiro atoms. The molecule has 1 amide bonds. The highest BCUT2D eigenvalue weighted by atomic mass is 32.2. The lowest BCUT2D eigenvalue weighted by molar-refractivity contribution is -0.113. The van der Waals surface area contributed by atoms with E-state index in [1.165, 1.54) is 35.1 Å². The summed E-state index contributed by atoms with van der Waals surface area (Å²) in [5, 5.41) is 16.9. The molecule has 3 aromatic heterocycles. The van der Waals surface area contributed by atoms with Gasteiger partial charge in [-0.1, -0.05) is 71.9 Å². The predicted molar refractivity (Wildman–Crippen MR) is 174 cm³/mol. The number of thioether (sulfide) groups is 1. The molecule has 10 heteroatoms. The minimum Gasteiger partial charge on any atom is -0.465 e. The number of amides is 1. The molecule has 5 rings (SSSR count). The molecule has 214 valence electrons. The second kappa shape index (κ2) is 12.9. The van der Waals surface area contributed by atoms with Crippen LogP contribution in [0.15, 0.2) is 77.1 Å². The van der Waals surface area contributed by atoms with Gasteiger partial charge in [-0.15, -0.1) is 39.4 Å². The van der Waals surface area contributed by atoms with Gasteiger partial charge in [-0.3, -0.25) is 9.36 Å².